The molecule has 2 atom stereocenters. The summed E-state index contributed by atoms with van der Waals surface area (Å²) in [6.45, 7) is 8.36. The summed E-state index contributed by atoms with van der Waals surface area (Å²) in [6, 6.07) is 12.6. The van der Waals surface area contributed by atoms with Gasteiger partial charge >= 0.3 is 6.03 Å². The van der Waals surface area contributed by atoms with E-state index in [1.807, 2.05) is 39.0 Å². The third kappa shape index (κ3) is 5.84. The Balaban J connectivity index is 1.73. The molecular weight excluding hydrogens is 393 g/mol. The highest BCUT2D eigenvalue weighted by Gasteiger charge is 2.35. The van der Waals surface area contributed by atoms with Crippen molar-refractivity contribution in [3.8, 4) is 0 Å². The third-order valence-corrected chi connectivity index (χ3v) is 5.74. The number of likely N-dealkylation sites (tertiary alicyclic amines) is 1. The van der Waals surface area contributed by atoms with E-state index in [0.717, 1.165) is 16.7 Å². The lowest BCUT2D eigenvalue weighted by Crippen LogP contribution is -2.51. The molecule has 5 nitrogen and oxygen atoms in total. The Morgan fingerprint density at radius 3 is 2.58 bits per heavy atom. The monoisotopic (exact) mass is 425 g/mol. The van der Waals surface area contributed by atoms with Gasteiger partial charge in [0, 0.05) is 19.1 Å². The molecule has 1 saturated heterocycles. The maximum atomic E-state index is 13.8. The van der Waals surface area contributed by atoms with Crippen LogP contribution in [0.5, 0.6) is 0 Å². The summed E-state index contributed by atoms with van der Waals surface area (Å²) in [5.41, 5.74) is 3.66. The fraction of sp³-hybridized carbons (Fsp3) is 0.440. The lowest BCUT2D eigenvalue weighted by atomic mass is 9.88. The summed E-state index contributed by atoms with van der Waals surface area (Å²) in [4.78, 5) is 27.5. The Labute approximate surface area is 184 Å². The van der Waals surface area contributed by atoms with E-state index in [2.05, 4.69) is 16.7 Å². The summed E-state index contributed by atoms with van der Waals surface area (Å²) in [5.74, 6) is -0.579. The van der Waals surface area contributed by atoms with Gasteiger partial charge in [-0.1, -0.05) is 42.0 Å². The van der Waals surface area contributed by atoms with Gasteiger partial charge in [0.2, 0.25) is 5.91 Å². The lowest BCUT2D eigenvalue weighted by molar-refractivity contribution is -0.126. The molecular formula is C25H32FN3O2. The Kier molecular flexibility index (Phi) is 7.31. The number of rotatable bonds is 5. The first-order valence-corrected chi connectivity index (χ1v) is 10.9. The van der Waals surface area contributed by atoms with Crippen LogP contribution in [-0.4, -0.2) is 29.4 Å². The average Bonchev–Trinajstić information content (AvgIpc) is 2.73. The minimum absolute atomic E-state index is 0.0152. The number of carbonyl (C=O) groups is 2. The fourth-order valence-corrected chi connectivity index (χ4v) is 4.12. The first-order chi connectivity index (χ1) is 14.7. The van der Waals surface area contributed by atoms with E-state index in [1.165, 1.54) is 6.07 Å². The second-order valence-corrected chi connectivity index (χ2v) is 8.76. The summed E-state index contributed by atoms with van der Waals surface area (Å²) >= 11 is 0. The molecule has 3 rings (SSSR count). The molecule has 2 aromatic rings. The number of nitrogens with one attached hydrogen (secondary N) is 2. The van der Waals surface area contributed by atoms with Gasteiger partial charge in [0.1, 0.15) is 5.82 Å². The van der Waals surface area contributed by atoms with Crippen LogP contribution in [-0.2, 0) is 11.3 Å². The molecule has 2 aromatic carbocycles. The van der Waals surface area contributed by atoms with E-state index in [-0.39, 0.29) is 35.8 Å². The van der Waals surface area contributed by atoms with Gasteiger partial charge in [0.05, 0.1) is 12.0 Å². The van der Waals surface area contributed by atoms with Crippen LogP contribution in [0.2, 0.25) is 0 Å². The number of hydrogen-bond acceptors (Lipinski definition) is 2. The number of piperidine rings is 1. The van der Waals surface area contributed by atoms with Gasteiger partial charge < -0.3 is 15.5 Å². The standard InChI is InChI=1S/C25H32FN3O2/c1-16(2)28-25(31)29-15-21(24(30)27-14-19-7-5-6-17(3)12-19)9-11-23(29)20-8-10-22(26)18(4)13-20/h5-8,10,12-13,16,21,23H,9,11,14-15H2,1-4H3,(H,27,30)(H,28,31)/t21-,23-/m1/s1. The van der Waals surface area contributed by atoms with Crippen LogP contribution in [0.15, 0.2) is 42.5 Å². The molecule has 1 fully saturated rings. The second kappa shape index (κ2) is 9.94. The zero-order valence-corrected chi connectivity index (χ0v) is 18.7. The number of hydrogen-bond donors (Lipinski definition) is 2. The molecule has 1 heterocycles. The summed E-state index contributed by atoms with van der Waals surface area (Å²) < 4.78 is 13.8. The summed E-state index contributed by atoms with van der Waals surface area (Å²) in [7, 11) is 0. The summed E-state index contributed by atoms with van der Waals surface area (Å²) in [5, 5.41) is 5.96. The molecule has 1 aliphatic heterocycles. The van der Waals surface area contributed by atoms with Crippen LogP contribution in [0.3, 0.4) is 0 Å². The van der Waals surface area contributed by atoms with E-state index in [0.29, 0.717) is 31.5 Å². The summed E-state index contributed by atoms with van der Waals surface area (Å²) in [6.07, 6.45) is 1.32. The van der Waals surface area contributed by atoms with Gasteiger partial charge in [-0.15, -0.1) is 0 Å². The van der Waals surface area contributed by atoms with Crippen molar-refractivity contribution in [1.82, 2.24) is 15.5 Å². The molecule has 31 heavy (non-hydrogen) atoms. The molecule has 0 radical (unpaired) electrons. The average molecular weight is 426 g/mol. The van der Waals surface area contributed by atoms with Crippen LogP contribution in [0.1, 0.15) is 55.0 Å². The number of halogens is 1. The molecule has 2 N–H and O–H groups in total. The van der Waals surface area contributed by atoms with E-state index >= 15 is 0 Å². The van der Waals surface area contributed by atoms with Crippen LogP contribution in [0.25, 0.3) is 0 Å². The van der Waals surface area contributed by atoms with Gasteiger partial charge in [-0.3, -0.25) is 4.79 Å². The molecule has 166 valence electrons. The van der Waals surface area contributed by atoms with E-state index in [9.17, 15) is 14.0 Å². The minimum Gasteiger partial charge on any atom is -0.352 e. The van der Waals surface area contributed by atoms with Crippen LogP contribution >= 0.6 is 0 Å². The van der Waals surface area contributed by atoms with Crippen LogP contribution in [0.4, 0.5) is 9.18 Å². The largest absolute Gasteiger partial charge is 0.352 e. The molecule has 0 aliphatic carbocycles. The quantitative estimate of drug-likeness (QED) is 0.734. The molecule has 0 spiro atoms. The van der Waals surface area contributed by atoms with Crippen LogP contribution < -0.4 is 10.6 Å². The maximum absolute atomic E-state index is 13.8. The minimum atomic E-state index is -0.277. The van der Waals surface area contributed by atoms with Gasteiger partial charge in [0.15, 0.2) is 0 Å². The Hall–Kier alpha value is -2.89. The zero-order valence-electron chi connectivity index (χ0n) is 18.7. The molecule has 0 bridgehead atoms. The molecule has 1 aliphatic rings. The van der Waals surface area contributed by atoms with E-state index in [1.54, 1.807) is 24.0 Å². The molecule has 0 aromatic heterocycles. The third-order valence-electron chi connectivity index (χ3n) is 5.74. The SMILES string of the molecule is Cc1cccc(CNC(=O)[C@@H]2CC[C@H](c3ccc(F)c(C)c3)N(C(=O)NC(C)C)C2)c1. The highest BCUT2D eigenvalue weighted by Crippen LogP contribution is 2.34. The Morgan fingerprint density at radius 1 is 1.13 bits per heavy atom. The van der Waals surface area contributed by atoms with E-state index < -0.39 is 0 Å². The predicted molar refractivity (Wildman–Crippen MR) is 120 cm³/mol. The number of amides is 3. The number of urea groups is 1. The Bertz CT molecular complexity index is 944. The normalized spacial score (nSPS) is 18.7. The van der Waals surface area contributed by atoms with Crippen molar-refractivity contribution in [2.75, 3.05) is 6.54 Å². The van der Waals surface area contributed by atoms with Crippen molar-refractivity contribution in [3.05, 3.63) is 70.5 Å². The van der Waals surface area contributed by atoms with Gasteiger partial charge in [-0.05, 0) is 63.3 Å². The van der Waals surface area contributed by atoms with Crippen molar-refractivity contribution < 1.29 is 14.0 Å². The number of nitrogens with zero attached hydrogens (tertiary/aromatic N) is 1. The van der Waals surface area contributed by atoms with Crippen molar-refractivity contribution in [2.24, 2.45) is 5.92 Å². The fourth-order valence-electron chi connectivity index (χ4n) is 4.12. The maximum Gasteiger partial charge on any atom is 0.318 e. The Morgan fingerprint density at radius 2 is 1.90 bits per heavy atom. The van der Waals surface area contributed by atoms with Crippen molar-refractivity contribution in [1.29, 1.82) is 0 Å². The first kappa shape index (κ1) is 22.8. The topological polar surface area (TPSA) is 61.4 Å². The number of benzene rings is 2. The molecule has 0 saturated carbocycles. The van der Waals surface area contributed by atoms with Crippen molar-refractivity contribution in [3.63, 3.8) is 0 Å². The zero-order chi connectivity index (χ0) is 22.5. The van der Waals surface area contributed by atoms with Gasteiger partial charge in [-0.25, -0.2) is 9.18 Å². The number of aryl methyl sites for hydroxylation is 2. The molecule has 6 heteroatoms. The lowest BCUT2D eigenvalue weighted by Gasteiger charge is -2.40. The predicted octanol–water partition coefficient (Wildman–Crippen LogP) is 4.63. The van der Waals surface area contributed by atoms with E-state index in [4.69, 9.17) is 0 Å². The number of carbonyl (C=O) groups excluding carboxylic acids is 2. The highest BCUT2D eigenvalue weighted by molar-refractivity contribution is 5.81. The van der Waals surface area contributed by atoms with Gasteiger partial charge in [0.25, 0.3) is 0 Å². The highest BCUT2D eigenvalue weighted by atomic mass is 19.1. The van der Waals surface area contributed by atoms with Crippen LogP contribution in [0, 0.1) is 25.6 Å². The van der Waals surface area contributed by atoms with Crippen molar-refractivity contribution in [2.45, 2.75) is 59.2 Å². The smallest absolute Gasteiger partial charge is 0.318 e. The first-order valence-electron chi connectivity index (χ1n) is 10.9. The van der Waals surface area contributed by atoms with Gasteiger partial charge in [-0.2, -0.15) is 0 Å². The molecule has 3 amide bonds. The van der Waals surface area contributed by atoms with Crippen molar-refractivity contribution >= 4 is 11.9 Å². The second-order valence-electron chi connectivity index (χ2n) is 8.76. The molecule has 0 unspecified atom stereocenters.